The van der Waals surface area contributed by atoms with Crippen LogP contribution >= 0.6 is 11.6 Å². The van der Waals surface area contributed by atoms with Crippen LogP contribution in [-0.4, -0.2) is 42.5 Å². The molecule has 1 amide bonds. The maximum atomic E-state index is 12.1. The third-order valence-electron chi connectivity index (χ3n) is 3.45. The van der Waals surface area contributed by atoms with Crippen LogP contribution in [0.1, 0.15) is 0 Å². The van der Waals surface area contributed by atoms with Gasteiger partial charge in [-0.25, -0.2) is 0 Å². The number of carbonyl (C=O) groups excluding carboxylic acids is 1. The number of carbonyl (C=O) groups is 1. The fourth-order valence-electron chi connectivity index (χ4n) is 2.07. The summed E-state index contributed by atoms with van der Waals surface area (Å²) >= 11 is 5.87. The van der Waals surface area contributed by atoms with E-state index in [2.05, 4.69) is 5.32 Å². The van der Waals surface area contributed by atoms with Crippen LogP contribution in [0.2, 0.25) is 5.02 Å². The predicted octanol–water partition coefficient (Wildman–Crippen LogP) is 3.20. The molecule has 0 bridgehead atoms. The first-order chi connectivity index (χ1) is 12.0. The van der Waals surface area contributed by atoms with E-state index in [9.17, 15) is 14.9 Å². The first-order valence-electron chi connectivity index (χ1n) is 7.57. The standard InChI is InChI=1S/C17H18ClN3O4/c1-20(9-10-25-14-6-4-5-13(18)11-14)17(22)12-19-15-7-2-3-8-16(15)21(23)24/h2-8,11,19H,9-10,12H2,1H3. The van der Waals surface area contributed by atoms with E-state index >= 15 is 0 Å². The normalized spacial score (nSPS) is 10.2. The van der Waals surface area contributed by atoms with E-state index in [1.54, 1.807) is 49.5 Å². The molecular weight excluding hydrogens is 346 g/mol. The highest BCUT2D eigenvalue weighted by Crippen LogP contribution is 2.22. The van der Waals surface area contributed by atoms with Gasteiger partial charge in [-0.2, -0.15) is 0 Å². The Kier molecular flexibility index (Phi) is 6.59. The molecule has 0 heterocycles. The molecule has 0 saturated heterocycles. The molecule has 25 heavy (non-hydrogen) atoms. The lowest BCUT2D eigenvalue weighted by atomic mass is 10.2. The molecule has 8 heteroatoms. The van der Waals surface area contributed by atoms with Gasteiger partial charge in [0.25, 0.3) is 5.69 Å². The Labute approximate surface area is 150 Å². The SMILES string of the molecule is CN(CCOc1cccc(Cl)c1)C(=O)CNc1ccccc1[N+](=O)[O-]. The Morgan fingerprint density at radius 1 is 1.28 bits per heavy atom. The van der Waals surface area contributed by atoms with Gasteiger partial charge >= 0.3 is 0 Å². The predicted molar refractivity (Wildman–Crippen MR) is 96.2 cm³/mol. The highest BCUT2D eigenvalue weighted by molar-refractivity contribution is 6.30. The number of nitrogens with one attached hydrogen (secondary N) is 1. The molecule has 0 aliphatic carbocycles. The molecule has 0 aliphatic rings. The van der Waals surface area contributed by atoms with E-state index in [-0.39, 0.29) is 18.1 Å². The van der Waals surface area contributed by atoms with Crippen LogP contribution < -0.4 is 10.1 Å². The second-order valence-corrected chi connectivity index (χ2v) is 5.69. The molecule has 0 atom stereocenters. The minimum atomic E-state index is -0.491. The van der Waals surface area contributed by atoms with Crippen LogP contribution in [0.15, 0.2) is 48.5 Å². The fraction of sp³-hybridized carbons (Fsp3) is 0.235. The summed E-state index contributed by atoms with van der Waals surface area (Å²) in [4.78, 5) is 24.1. The van der Waals surface area contributed by atoms with E-state index < -0.39 is 4.92 Å². The van der Waals surface area contributed by atoms with Gasteiger partial charge in [-0.15, -0.1) is 0 Å². The van der Waals surface area contributed by atoms with Crippen molar-refractivity contribution in [3.63, 3.8) is 0 Å². The molecule has 0 aliphatic heterocycles. The maximum Gasteiger partial charge on any atom is 0.292 e. The third kappa shape index (κ3) is 5.65. The van der Waals surface area contributed by atoms with Gasteiger partial charge in [0, 0.05) is 18.1 Å². The number of rotatable bonds is 8. The largest absolute Gasteiger partial charge is 0.492 e. The lowest BCUT2D eigenvalue weighted by Crippen LogP contribution is -2.35. The van der Waals surface area contributed by atoms with Gasteiger partial charge in [-0.05, 0) is 24.3 Å². The first kappa shape index (κ1) is 18.5. The topological polar surface area (TPSA) is 84.7 Å². The Hall–Kier alpha value is -2.80. The maximum absolute atomic E-state index is 12.1. The Bertz CT molecular complexity index is 754. The summed E-state index contributed by atoms with van der Waals surface area (Å²) in [5.41, 5.74) is 0.242. The highest BCUT2D eigenvalue weighted by atomic mass is 35.5. The molecule has 0 radical (unpaired) electrons. The molecule has 2 rings (SSSR count). The average Bonchev–Trinajstić information content (AvgIpc) is 2.59. The van der Waals surface area contributed by atoms with Crippen molar-refractivity contribution in [2.45, 2.75) is 0 Å². The van der Waals surface area contributed by atoms with Gasteiger partial charge < -0.3 is 15.0 Å². The third-order valence-corrected chi connectivity index (χ3v) is 3.68. The van der Waals surface area contributed by atoms with Crippen molar-refractivity contribution in [3.8, 4) is 5.75 Å². The van der Waals surface area contributed by atoms with Crippen LogP contribution in [0.4, 0.5) is 11.4 Å². The molecule has 0 saturated carbocycles. The number of para-hydroxylation sites is 2. The lowest BCUT2D eigenvalue weighted by Gasteiger charge is -2.18. The minimum Gasteiger partial charge on any atom is -0.492 e. The van der Waals surface area contributed by atoms with Gasteiger partial charge in [0.05, 0.1) is 18.0 Å². The van der Waals surface area contributed by atoms with Crippen molar-refractivity contribution in [2.24, 2.45) is 0 Å². The molecular formula is C17H18ClN3O4. The van der Waals surface area contributed by atoms with Gasteiger partial charge in [-0.1, -0.05) is 29.8 Å². The molecule has 0 spiro atoms. The van der Waals surface area contributed by atoms with E-state index in [0.29, 0.717) is 29.6 Å². The number of ether oxygens (including phenoxy) is 1. The van der Waals surface area contributed by atoms with Crippen molar-refractivity contribution >= 4 is 28.9 Å². The number of nitrogens with zero attached hydrogens (tertiary/aromatic N) is 2. The minimum absolute atomic E-state index is 0.0431. The van der Waals surface area contributed by atoms with Gasteiger partial charge in [0.2, 0.25) is 5.91 Å². The van der Waals surface area contributed by atoms with Gasteiger partial charge in [0.1, 0.15) is 18.0 Å². The zero-order valence-corrected chi connectivity index (χ0v) is 14.4. The smallest absolute Gasteiger partial charge is 0.292 e. The second-order valence-electron chi connectivity index (χ2n) is 5.25. The molecule has 0 aromatic heterocycles. The quantitative estimate of drug-likeness (QED) is 0.575. The zero-order chi connectivity index (χ0) is 18.2. The van der Waals surface area contributed by atoms with Crippen molar-refractivity contribution < 1.29 is 14.5 Å². The number of hydrogen-bond acceptors (Lipinski definition) is 5. The number of benzene rings is 2. The zero-order valence-electron chi connectivity index (χ0n) is 13.6. The number of anilines is 1. The van der Waals surface area contributed by atoms with Crippen LogP contribution in [-0.2, 0) is 4.79 Å². The van der Waals surface area contributed by atoms with Crippen molar-refractivity contribution in [2.75, 3.05) is 32.1 Å². The molecule has 2 aromatic rings. The van der Waals surface area contributed by atoms with Crippen LogP contribution in [0.25, 0.3) is 0 Å². The van der Waals surface area contributed by atoms with E-state index in [0.717, 1.165) is 0 Å². The number of nitro benzene ring substituents is 1. The summed E-state index contributed by atoms with van der Waals surface area (Å²) in [5.74, 6) is 0.430. The second kappa shape index (κ2) is 8.89. The fourth-order valence-corrected chi connectivity index (χ4v) is 2.25. The number of nitro groups is 1. The summed E-state index contributed by atoms with van der Waals surface area (Å²) < 4.78 is 5.53. The van der Waals surface area contributed by atoms with E-state index in [4.69, 9.17) is 16.3 Å². The summed E-state index contributed by atoms with van der Waals surface area (Å²) in [6.45, 7) is 0.649. The monoisotopic (exact) mass is 363 g/mol. The van der Waals surface area contributed by atoms with Crippen molar-refractivity contribution in [1.82, 2.24) is 4.90 Å². The number of likely N-dealkylation sites (N-methyl/N-ethyl adjacent to an activating group) is 1. The Balaban J connectivity index is 1.80. The number of amides is 1. The summed E-state index contributed by atoms with van der Waals surface area (Å²) in [5, 5.41) is 14.3. The summed E-state index contributed by atoms with van der Waals surface area (Å²) in [7, 11) is 1.64. The van der Waals surface area contributed by atoms with Crippen LogP contribution in [0, 0.1) is 10.1 Å². The average molecular weight is 364 g/mol. The molecule has 132 valence electrons. The highest BCUT2D eigenvalue weighted by Gasteiger charge is 2.14. The molecule has 7 nitrogen and oxygen atoms in total. The van der Waals surface area contributed by atoms with Gasteiger partial charge in [0.15, 0.2) is 0 Å². The van der Waals surface area contributed by atoms with Crippen LogP contribution in [0.3, 0.4) is 0 Å². The summed E-state index contributed by atoms with van der Waals surface area (Å²) in [6.07, 6.45) is 0. The number of halogens is 1. The number of hydrogen-bond donors (Lipinski definition) is 1. The summed E-state index contributed by atoms with van der Waals surface area (Å²) in [6, 6.07) is 13.2. The van der Waals surface area contributed by atoms with Crippen LogP contribution in [0.5, 0.6) is 5.75 Å². The van der Waals surface area contributed by atoms with Crippen molar-refractivity contribution in [1.29, 1.82) is 0 Å². The molecule has 0 unspecified atom stereocenters. The van der Waals surface area contributed by atoms with E-state index in [1.165, 1.54) is 11.0 Å². The van der Waals surface area contributed by atoms with Gasteiger partial charge in [-0.3, -0.25) is 14.9 Å². The Morgan fingerprint density at radius 2 is 2.04 bits per heavy atom. The molecule has 2 aromatic carbocycles. The van der Waals surface area contributed by atoms with Crippen molar-refractivity contribution in [3.05, 3.63) is 63.7 Å². The Morgan fingerprint density at radius 3 is 2.76 bits per heavy atom. The lowest BCUT2D eigenvalue weighted by molar-refractivity contribution is -0.383. The molecule has 0 fully saturated rings. The first-order valence-corrected chi connectivity index (χ1v) is 7.95. The molecule has 1 N–H and O–H groups in total. The van der Waals surface area contributed by atoms with E-state index in [1.807, 2.05) is 0 Å².